The first-order chi connectivity index (χ1) is 11.1. The highest BCUT2D eigenvalue weighted by Crippen LogP contribution is 2.29. The van der Waals surface area contributed by atoms with Crippen molar-refractivity contribution < 1.29 is 9.52 Å². The second-order valence-electron chi connectivity index (χ2n) is 6.50. The van der Waals surface area contributed by atoms with Crippen molar-refractivity contribution in [1.82, 2.24) is 14.7 Å². The van der Waals surface area contributed by atoms with E-state index < -0.39 is 6.10 Å². The zero-order valence-electron chi connectivity index (χ0n) is 14.3. The summed E-state index contributed by atoms with van der Waals surface area (Å²) < 4.78 is 7.41. The van der Waals surface area contributed by atoms with Crippen LogP contribution in [0.3, 0.4) is 0 Å². The van der Waals surface area contributed by atoms with Crippen LogP contribution in [0.4, 0.5) is 0 Å². The summed E-state index contributed by atoms with van der Waals surface area (Å²) in [5.41, 5.74) is 3.73. The lowest BCUT2D eigenvalue weighted by molar-refractivity contribution is 0.0994. The third kappa shape index (κ3) is 3.35. The third-order valence-corrected chi connectivity index (χ3v) is 5.06. The Morgan fingerprint density at radius 2 is 2.26 bits per heavy atom. The first kappa shape index (κ1) is 16.3. The summed E-state index contributed by atoms with van der Waals surface area (Å²) in [4.78, 5) is 2.49. The van der Waals surface area contributed by atoms with Crippen molar-refractivity contribution in [3.05, 3.63) is 41.1 Å². The van der Waals surface area contributed by atoms with Gasteiger partial charge in [0.25, 0.3) is 0 Å². The zero-order chi connectivity index (χ0) is 16.4. The maximum atomic E-state index is 10.4. The monoisotopic (exact) mass is 317 g/mol. The van der Waals surface area contributed by atoms with Crippen molar-refractivity contribution in [3.63, 3.8) is 0 Å². The van der Waals surface area contributed by atoms with E-state index in [-0.39, 0.29) is 0 Å². The Hall–Kier alpha value is -1.59. The minimum absolute atomic E-state index is 0.402. The van der Waals surface area contributed by atoms with Crippen LogP contribution < -0.4 is 0 Å². The van der Waals surface area contributed by atoms with E-state index in [1.54, 1.807) is 6.26 Å². The molecule has 1 aliphatic rings. The largest absolute Gasteiger partial charge is 0.467 e. The number of furan rings is 1. The summed E-state index contributed by atoms with van der Waals surface area (Å²) in [6.45, 7) is 9.30. The average molecular weight is 317 g/mol. The summed E-state index contributed by atoms with van der Waals surface area (Å²) in [5, 5.41) is 15.0. The van der Waals surface area contributed by atoms with E-state index in [0.717, 1.165) is 38.2 Å². The average Bonchev–Trinajstić information content (AvgIpc) is 3.25. The van der Waals surface area contributed by atoms with Crippen LogP contribution >= 0.6 is 0 Å². The molecule has 1 N–H and O–H groups in total. The molecule has 23 heavy (non-hydrogen) atoms. The number of hydrogen-bond acceptors (Lipinski definition) is 4. The second-order valence-corrected chi connectivity index (χ2v) is 6.50. The number of aryl methyl sites for hydroxylation is 2. The first-order valence-corrected chi connectivity index (χ1v) is 8.58. The van der Waals surface area contributed by atoms with Gasteiger partial charge >= 0.3 is 0 Å². The lowest BCUT2D eigenvalue weighted by Gasteiger charge is -2.26. The number of aliphatic hydroxyl groups is 1. The molecule has 126 valence electrons. The fraction of sp³-hybridized carbons (Fsp3) is 0.611. The van der Waals surface area contributed by atoms with E-state index in [1.165, 1.54) is 17.7 Å². The lowest BCUT2D eigenvalue weighted by atomic mass is 10.0. The molecule has 1 fully saturated rings. The molecule has 0 radical (unpaired) electrons. The molecule has 0 spiro atoms. The summed E-state index contributed by atoms with van der Waals surface area (Å²) in [7, 11) is 0. The molecule has 3 rings (SSSR count). The molecule has 5 nitrogen and oxygen atoms in total. The molecule has 2 aromatic heterocycles. The van der Waals surface area contributed by atoms with Gasteiger partial charge in [-0.1, -0.05) is 0 Å². The predicted octanol–water partition coefficient (Wildman–Crippen LogP) is 3.20. The highest BCUT2D eigenvalue weighted by Gasteiger charge is 2.29. The lowest BCUT2D eigenvalue weighted by Crippen LogP contribution is -2.30. The van der Waals surface area contributed by atoms with Crippen LogP contribution in [0.15, 0.2) is 22.8 Å². The van der Waals surface area contributed by atoms with Gasteiger partial charge in [0.1, 0.15) is 11.9 Å². The Labute approximate surface area is 137 Å². The van der Waals surface area contributed by atoms with Gasteiger partial charge in [-0.3, -0.25) is 9.58 Å². The smallest absolute Gasteiger partial charge is 0.132 e. The molecule has 0 aliphatic carbocycles. The van der Waals surface area contributed by atoms with Crippen molar-refractivity contribution >= 4 is 0 Å². The molecular formula is C18H27N3O2. The maximum absolute atomic E-state index is 10.4. The molecule has 5 heteroatoms. The summed E-state index contributed by atoms with van der Waals surface area (Å²) in [6, 6.07) is 4.08. The van der Waals surface area contributed by atoms with E-state index in [2.05, 4.69) is 35.5 Å². The van der Waals surface area contributed by atoms with Gasteiger partial charge in [0, 0.05) is 30.4 Å². The summed E-state index contributed by atoms with van der Waals surface area (Å²) in [6.07, 6.45) is 4.16. The number of aromatic nitrogens is 2. The van der Waals surface area contributed by atoms with Gasteiger partial charge in [0.15, 0.2) is 0 Å². The number of likely N-dealkylation sites (tertiary alicyclic amines) is 1. The van der Waals surface area contributed by atoms with Crippen molar-refractivity contribution in [1.29, 1.82) is 0 Å². The van der Waals surface area contributed by atoms with Gasteiger partial charge in [-0.2, -0.15) is 5.10 Å². The topological polar surface area (TPSA) is 54.4 Å². The first-order valence-electron chi connectivity index (χ1n) is 8.58. The Balaban J connectivity index is 1.69. The molecule has 0 saturated carbocycles. The van der Waals surface area contributed by atoms with Crippen molar-refractivity contribution in [2.24, 2.45) is 0 Å². The Bertz CT molecular complexity index is 633. The van der Waals surface area contributed by atoms with E-state index in [4.69, 9.17) is 4.42 Å². The Morgan fingerprint density at radius 1 is 1.43 bits per heavy atom. The molecule has 1 saturated heterocycles. The van der Waals surface area contributed by atoms with Crippen LogP contribution in [0.25, 0.3) is 0 Å². The standard InChI is InChI=1S/C18H27N3O2/c1-4-21-14(3)16(13(2)19-21)12-20-9-5-7-15(20)11-17(22)18-8-6-10-23-18/h6,8,10,15,17,22H,4-5,7,9,11-12H2,1-3H3. The molecule has 2 aromatic rings. The van der Waals surface area contributed by atoms with Crippen LogP contribution in [0.2, 0.25) is 0 Å². The van der Waals surface area contributed by atoms with Crippen LogP contribution in [0.1, 0.15) is 55.0 Å². The SMILES string of the molecule is CCn1nc(C)c(CN2CCCC2CC(O)c2ccco2)c1C. The molecular weight excluding hydrogens is 290 g/mol. The van der Waals surface area contributed by atoms with E-state index >= 15 is 0 Å². The van der Waals surface area contributed by atoms with Gasteiger partial charge in [-0.05, 0) is 58.7 Å². The highest BCUT2D eigenvalue weighted by atomic mass is 16.4. The van der Waals surface area contributed by atoms with E-state index in [1.807, 2.05) is 12.1 Å². The summed E-state index contributed by atoms with van der Waals surface area (Å²) in [5.74, 6) is 0.669. The van der Waals surface area contributed by atoms with E-state index in [9.17, 15) is 5.11 Å². The number of rotatable bonds is 6. The number of nitrogens with zero attached hydrogens (tertiary/aromatic N) is 3. The highest BCUT2D eigenvalue weighted by molar-refractivity contribution is 5.24. The second kappa shape index (κ2) is 6.89. The molecule has 2 unspecified atom stereocenters. The minimum atomic E-state index is -0.517. The van der Waals surface area contributed by atoms with Crippen molar-refractivity contribution in [2.45, 2.75) is 65.3 Å². The predicted molar refractivity (Wildman–Crippen MR) is 89.1 cm³/mol. The van der Waals surface area contributed by atoms with E-state index in [0.29, 0.717) is 11.8 Å². The van der Waals surface area contributed by atoms with Gasteiger partial charge in [-0.15, -0.1) is 0 Å². The Morgan fingerprint density at radius 3 is 2.91 bits per heavy atom. The Kier molecular flexibility index (Phi) is 4.87. The normalized spacial score (nSPS) is 20.3. The fourth-order valence-corrected chi connectivity index (χ4v) is 3.70. The van der Waals surface area contributed by atoms with Crippen LogP contribution in [0.5, 0.6) is 0 Å². The summed E-state index contributed by atoms with van der Waals surface area (Å²) >= 11 is 0. The van der Waals surface area contributed by atoms with Gasteiger partial charge < -0.3 is 9.52 Å². The molecule has 3 heterocycles. The van der Waals surface area contributed by atoms with Crippen LogP contribution in [-0.2, 0) is 13.1 Å². The van der Waals surface area contributed by atoms with Crippen molar-refractivity contribution in [2.75, 3.05) is 6.54 Å². The number of hydrogen-bond donors (Lipinski definition) is 1. The molecule has 2 atom stereocenters. The van der Waals surface area contributed by atoms with Gasteiger partial charge in [0.05, 0.1) is 12.0 Å². The van der Waals surface area contributed by atoms with Gasteiger partial charge in [-0.25, -0.2) is 0 Å². The van der Waals surface area contributed by atoms with Crippen molar-refractivity contribution in [3.8, 4) is 0 Å². The van der Waals surface area contributed by atoms with Crippen LogP contribution in [-0.4, -0.2) is 32.4 Å². The maximum Gasteiger partial charge on any atom is 0.132 e. The molecule has 1 aliphatic heterocycles. The molecule has 0 amide bonds. The molecule has 0 aromatic carbocycles. The minimum Gasteiger partial charge on any atom is -0.467 e. The molecule has 0 bridgehead atoms. The van der Waals surface area contributed by atoms with Gasteiger partial charge in [0.2, 0.25) is 0 Å². The number of aliphatic hydroxyl groups excluding tert-OH is 1. The van der Waals surface area contributed by atoms with Crippen LogP contribution in [0, 0.1) is 13.8 Å². The zero-order valence-corrected chi connectivity index (χ0v) is 14.3. The quantitative estimate of drug-likeness (QED) is 0.889. The third-order valence-electron chi connectivity index (χ3n) is 5.06. The fourth-order valence-electron chi connectivity index (χ4n) is 3.70.